The zero-order valence-electron chi connectivity index (χ0n) is 17.6. The highest BCUT2D eigenvalue weighted by molar-refractivity contribution is 7.92. The van der Waals surface area contributed by atoms with Crippen molar-refractivity contribution in [1.82, 2.24) is 5.32 Å². The predicted molar refractivity (Wildman–Crippen MR) is 120 cm³/mol. The molecule has 2 amide bonds. The van der Waals surface area contributed by atoms with E-state index in [2.05, 4.69) is 10.6 Å². The van der Waals surface area contributed by atoms with Crippen LogP contribution < -0.4 is 14.9 Å². The molecule has 2 aromatic rings. The van der Waals surface area contributed by atoms with E-state index in [-0.39, 0.29) is 12.3 Å². The first-order chi connectivity index (χ1) is 14.3. The Labute approximate surface area is 178 Å². The average molecular weight is 432 g/mol. The molecule has 2 rings (SSSR count). The van der Waals surface area contributed by atoms with Crippen LogP contribution in [0.2, 0.25) is 0 Å². The van der Waals surface area contributed by atoms with Gasteiger partial charge in [0.2, 0.25) is 15.9 Å². The van der Waals surface area contributed by atoms with Gasteiger partial charge in [0.15, 0.2) is 0 Å². The van der Waals surface area contributed by atoms with Crippen molar-refractivity contribution in [3.05, 3.63) is 60.2 Å². The van der Waals surface area contributed by atoms with E-state index in [1.54, 1.807) is 61.5 Å². The quantitative estimate of drug-likeness (QED) is 0.564. The van der Waals surface area contributed by atoms with Gasteiger partial charge in [-0.3, -0.25) is 13.9 Å². The van der Waals surface area contributed by atoms with Crippen molar-refractivity contribution >= 4 is 33.2 Å². The SMILES string of the molecule is CCCCNC(=O)c1ccccc1NC(=O)[C@@H](CC)N(c1ccccc1)S(C)(=O)=O. The minimum atomic E-state index is -3.71. The molecule has 7 nitrogen and oxygen atoms in total. The van der Waals surface area contributed by atoms with Crippen LogP contribution in [0.5, 0.6) is 0 Å². The van der Waals surface area contributed by atoms with Crippen LogP contribution in [0.1, 0.15) is 43.5 Å². The first-order valence-electron chi connectivity index (χ1n) is 10.0. The number of hydrogen-bond acceptors (Lipinski definition) is 4. The second-order valence-electron chi connectivity index (χ2n) is 6.96. The van der Waals surface area contributed by atoms with E-state index >= 15 is 0 Å². The summed E-state index contributed by atoms with van der Waals surface area (Å²) in [5.74, 6) is -0.781. The van der Waals surface area contributed by atoms with E-state index in [0.717, 1.165) is 23.4 Å². The maximum Gasteiger partial charge on any atom is 0.253 e. The number of sulfonamides is 1. The third kappa shape index (κ3) is 6.06. The molecule has 30 heavy (non-hydrogen) atoms. The standard InChI is InChI=1S/C22H29N3O4S/c1-4-6-16-23-21(26)18-14-10-11-15-19(18)24-22(27)20(5-2)25(30(3,28)29)17-12-8-7-9-13-17/h7-15,20H,4-6,16H2,1-3H3,(H,23,26)(H,24,27)/t20-/m1/s1. The number of hydrogen-bond donors (Lipinski definition) is 2. The Hall–Kier alpha value is -2.87. The van der Waals surface area contributed by atoms with Gasteiger partial charge in [0.1, 0.15) is 6.04 Å². The van der Waals surface area contributed by atoms with Crippen molar-refractivity contribution in [2.45, 2.75) is 39.2 Å². The molecule has 0 aromatic heterocycles. The fourth-order valence-electron chi connectivity index (χ4n) is 3.12. The van der Waals surface area contributed by atoms with E-state index in [9.17, 15) is 18.0 Å². The highest BCUT2D eigenvalue weighted by Crippen LogP contribution is 2.24. The van der Waals surface area contributed by atoms with Crippen LogP contribution in [0.3, 0.4) is 0 Å². The number of carbonyl (C=O) groups excluding carboxylic acids is 2. The first-order valence-corrected chi connectivity index (χ1v) is 11.9. The number of rotatable bonds is 10. The Balaban J connectivity index is 2.30. The molecule has 0 bridgehead atoms. The van der Waals surface area contributed by atoms with Gasteiger partial charge in [0.05, 0.1) is 23.2 Å². The van der Waals surface area contributed by atoms with Crippen molar-refractivity contribution in [1.29, 1.82) is 0 Å². The Kier molecular flexibility index (Phi) is 8.41. The minimum Gasteiger partial charge on any atom is -0.352 e. The summed E-state index contributed by atoms with van der Waals surface area (Å²) in [5.41, 5.74) is 1.09. The van der Waals surface area contributed by atoms with Crippen molar-refractivity contribution in [2.24, 2.45) is 0 Å². The zero-order valence-corrected chi connectivity index (χ0v) is 18.4. The van der Waals surface area contributed by atoms with Gasteiger partial charge in [-0.2, -0.15) is 0 Å². The minimum absolute atomic E-state index is 0.263. The Bertz CT molecular complexity index is 961. The number of amides is 2. The lowest BCUT2D eigenvalue weighted by molar-refractivity contribution is -0.117. The summed E-state index contributed by atoms with van der Waals surface area (Å²) in [6, 6.07) is 14.2. The van der Waals surface area contributed by atoms with Gasteiger partial charge in [-0.15, -0.1) is 0 Å². The molecular weight excluding hydrogens is 402 g/mol. The summed E-state index contributed by atoms with van der Waals surface area (Å²) in [6.45, 7) is 4.32. The number of anilines is 2. The monoisotopic (exact) mass is 431 g/mol. The molecule has 0 saturated carbocycles. The smallest absolute Gasteiger partial charge is 0.253 e. The molecule has 1 atom stereocenters. The molecule has 2 aromatic carbocycles. The number of benzene rings is 2. The van der Waals surface area contributed by atoms with Crippen LogP contribution >= 0.6 is 0 Å². The van der Waals surface area contributed by atoms with Crippen molar-refractivity contribution in [3.63, 3.8) is 0 Å². The second-order valence-corrected chi connectivity index (χ2v) is 8.82. The van der Waals surface area contributed by atoms with Crippen LogP contribution in [0.25, 0.3) is 0 Å². The highest BCUT2D eigenvalue weighted by Gasteiger charge is 2.31. The Morgan fingerprint density at radius 3 is 2.23 bits per heavy atom. The van der Waals surface area contributed by atoms with E-state index in [1.807, 2.05) is 6.92 Å². The lowest BCUT2D eigenvalue weighted by Crippen LogP contribution is -2.47. The summed E-state index contributed by atoms with van der Waals surface area (Å²) in [6.07, 6.45) is 3.15. The summed E-state index contributed by atoms with van der Waals surface area (Å²) >= 11 is 0. The largest absolute Gasteiger partial charge is 0.352 e. The molecular formula is C22H29N3O4S. The predicted octanol–water partition coefficient (Wildman–Crippen LogP) is 3.40. The van der Waals surface area contributed by atoms with Gasteiger partial charge in [-0.1, -0.05) is 50.6 Å². The average Bonchev–Trinajstić information content (AvgIpc) is 2.72. The Morgan fingerprint density at radius 2 is 1.63 bits per heavy atom. The molecule has 0 spiro atoms. The molecule has 0 heterocycles. The molecule has 0 radical (unpaired) electrons. The summed E-state index contributed by atoms with van der Waals surface area (Å²) in [5, 5.41) is 5.58. The molecule has 0 fully saturated rings. The summed E-state index contributed by atoms with van der Waals surface area (Å²) in [4.78, 5) is 25.6. The van der Waals surface area contributed by atoms with Gasteiger partial charge in [-0.25, -0.2) is 8.42 Å². The molecule has 2 N–H and O–H groups in total. The molecule has 0 aliphatic heterocycles. The van der Waals surface area contributed by atoms with Gasteiger partial charge >= 0.3 is 0 Å². The van der Waals surface area contributed by atoms with E-state index in [1.165, 1.54) is 0 Å². The molecule has 0 aliphatic carbocycles. The third-order valence-electron chi connectivity index (χ3n) is 4.59. The maximum atomic E-state index is 13.1. The topological polar surface area (TPSA) is 95.6 Å². The van der Waals surface area contributed by atoms with Crippen molar-refractivity contribution < 1.29 is 18.0 Å². The fourth-order valence-corrected chi connectivity index (χ4v) is 4.33. The van der Waals surface area contributed by atoms with E-state index in [4.69, 9.17) is 0 Å². The molecule has 0 aliphatic rings. The van der Waals surface area contributed by atoms with Crippen LogP contribution in [0.4, 0.5) is 11.4 Å². The van der Waals surface area contributed by atoms with Gasteiger partial charge in [0.25, 0.3) is 5.91 Å². The number of unbranched alkanes of at least 4 members (excludes halogenated alkanes) is 1. The lowest BCUT2D eigenvalue weighted by atomic mass is 10.1. The zero-order chi connectivity index (χ0) is 22.1. The van der Waals surface area contributed by atoms with Crippen molar-refractivity contribution in [2.75, 3.05) is 22.4 Å². The van der Waals surface area contributed by atoms with Crippen LogP contribution in [0.15, 0.2) is 54.6 Å². The van der Waals surface area contributed by atoms with Crippen LogP contribution in [-0.2, 0) is 14.8 Å². The molecule has 162 valence electrons. The first kappa shape index (κ1) is 23.4. The fraction of sp³-hybridized carbons (Fsp3) is 0.364. The second kappa shape index (κ2) is 10.8. The Morgan fingerprint density at radius 1 is 1.00 bits per heavy atom. The summed E-state index contributed by atoms with van der Waals surface area (Å²) < 4.78 is 26.1. The van der Waals surface area contributed by atoms with E-state index < -0.39 is 22.0 Å². The van der Waals surface area contributed by atoms with Gasteiger partial charge < -0.3 is 10.6 Å². The lowest BCUT2D eigenvalue weighted by Gasteiger charge is -2.30. The van der Waals surface area contributed by atoms with Gasteiger partial charge in [0, 0.05) is 6.54 Å². The number of carbonyl (C=O) groups is 2. The molecule has 0 unspecified atom stereocenters. The maximum absolute atomic E-state index is 13.1. The van der Waals surface area contributed by atoms with Crippen molar-refractivity contribution in [3.8, 4) is 0 Å². The van der Waals surface area contributed by atoms with Gasteiger partial charge in [-0.05, 0) is 37.1 Å². The number of nitrogens with one attached hydrogen (secondary N) is 2. The highest BCUT2D eigenvalue weighted by atomic mass is 32.2. The normalized spacial score (nSPS) is 12.1. The van der Waals surface area contributed by atoms with Crippen LogP contribution in [-0.4, -0.2) is 39.1 Å². The number of para-hydroxylation sites is 2. The number of nitrogens with zero attached hydrogens (tertiary/aromatic N) is 1. The van der Waals surface area contributed by atoms with Crippen LogP contribution in [0, 0.1) is 0 Å². The molecule has 0 saturated heterocycles. The third-order valence-corrected chi connectivity index (χ3v) is 5.77. The molecule has 8 heteroatoms. The van der Waals surface area contributed by atoms with E-state index in [0.29, 0.717) is 23.5 Å². The summed E-state index contributed by atoms with van der Waals surface area (Å²) in [7, 11) is -3.71.